The number of anilines is 1. The Balaban J connectivity index is 1.65. The predicted octanol–water partition coefficient (Wildman–Crippen LogP) is 3.75. The van der Waals surface area contributed by atoms with Crippen LogP contribution in [-0.4, -0.2) is 18.6 Å². The molecule has 3 aromatic rings. The Morgan fingerprint density at radius 1 is 1.20 bits per heavy atom. The van der Waals surface area contributed by atoms with E-state index in [1.165, 1.54) is 17.4 Å². The molecule has 1 aliphatic rings. The molecule has 25 heavy (non-hydrogen) atoms. The maximum Gasteiger partial charge on any atom is 0.270 e. The van der Waals surface area contributed by atoms with Crippen LogP contribution in [0.5, 0.6) is 0 Å². The van der Waals surface area contributed by atoms with Crippen LogP contribution in [-0.2, 0) is 10.0 Å². The normalized spacial score (nSPS) is 14.6. The van der Waals surface area contributed by atoms with Crippen LogP contribution < -0.4 is 4.72 Å². The van der Waals surface area contributed by atoms with E-state index in [1.807, 2.05) is 0 Å². The summed E-state index contributed by atoms with van der Waals surface area (Å²) >= 11 is 1.22. The molecule has 10 heteroatoms. The fourth-order valence-electron chi connectivity index (χ4n) is 2.28. The van der Waals surface area contributed by atoms with Crippen LogP contribution in [0.2, 0.25) is 0 Å². The minimum atomic E-state index is -4.17. The second-order valence-electron chi connectivity index (χ2n) is 5.61. The number of halogens is 2. The van der Waals surface area contributed by atoms with Gasteiger partial charge in [0.1, 0.15) is 16.5 Å². The van der Waals surface area contributed by atoms with Gasteiger partial charge in [-0.25, -0.2) is 17.2 Å². The number of hydrogen-bond donors (Lipinski definition) is 1. The first-order chi connectivity index (χ1) is 11.9. The molecule has 2 heterocycles. The number of aromatic nitrogens is 2. The average Bonchev–Trinajstić information content (AvgIpc) is 3.10. The molecular formula is C15H11F2N3O3S2. The topological polar surface area (TPSA) is 85.1 Å². The molecule has 0 spiro atoms. The zero-order chi connectivity index (χ0) is 17.6. The van der Waals surface area contributed by atoms with Crippen LogP contribution >= 0.6 is 11.3 Å². The SMILES string of the molecule is O=S(=O)(Nc1ccsc1-c1nc(C2CC2)no1)c1cc(F)cc(F)c1. The molecule has 1 saturated carbocycles. The lowest BCUT2D eigenvalue weighted by Gasteiger charge is -2.08. The Bertz CT molecular complexity index is 1020. The Labute approximate surface area is 145 Å². The zero-order valence-corrected chi connectivity index (χ0v) is 14.2. The van der Waals surface area contributed by atoms with E-state index in [0.29, 0.717) is 22.7 Å². The summed E-state index contributed by atoms with van der Waals surface area (Å²) in [4.78, 5) is 4.22. The molecule has 1 N–H and O–H groups in total. The van der Waals surface area contributed by atoms with E-state index in [4.69, 9.17) is 4.52 Å². The summed E-state index contributed by atoms with van der Waals surface area (Å²) in [6.45, 7) is 0. The standard InChI is InChI=1S/C15H11F2N3O3S2/c16-9-5-10(17)7-11(6-9)25(21,22)20-12-3-4-24-13(12)15-18-14(19-23-15)8-1-2-8/h3-8,20H,1-2H2. The first kappa shape index (κ1) is 16.2. The van der Waals surface area contributed by atoms with Crippen LogP contribution in [0, 0.1) is 11.6 Å². The van der Waals surface area contributed by atoms with Gasteiger partial charge in [0.2, 0.25) is 0 Å². The highest BCUT2D eigenvalue weighted by Crippen LogP contribution is 2.40. The van der Waals surface area contributed by atoms with Gasteiger partial charge in [-0.2, -0.15) is 4.98 Å². The molecule has 0 bridgehead atoms. The number of thiophene rings is 1. The van der Waals surface area contributed by atoms with Gasteiger partial charge in [-0.15, -0.1) is 11.3 Å². The van der Waals surface area contributed by atoms with Crippen molar-refractivity contribution in [2.24, 2.45) is 0 Å². The minimum Gasteiger partial charge on any atom is -0.333 e. The number of hydrogen-bond acceptors (Lipinski definition) is 6. The first-order valence-corrected chi connectivity index (χ1v) is 9.69. The van der Waals surface area contributed by atoms with Crippen LogP contribution in [0.25, 0.3) is 10.8 Å². The van der Waals surface area contributed by atoms with E-state index >= 15 is 0 Å². The minimum absolute atomic E-state index is 0.208. The lowest BCUT2D eigenvalue weighted by Crippen LogP contribution is -2.13. The van der Waals surface area contributed by atoms with Gasteiger partial charge in [0.25, 0.3) is 15.9 Å². The number of nitrogens with zero attached hydrogens (tertiary/aromatic N) is 2. The highest BCUT2D eigenvalue weighted by atomic mass is 32.2. The second-order valence-corrected chi connectivity index (χ2v) is 8.20. The molecule has 0 saturated heterocycles. The van der Waals surface area contributed by atoms with E-state index < -0.39 is 26.6 Å². The molecule has 0 unspecified atom stereocenters. The molecule has 1 aliphatic carbocycles. The smallest absolute Gasteiger partial charge is 0.270 e. The van der Waals surface area contributed by atoms with E-state index in [1.54, 1.807) is 5.38 Å². The van der Waals surface area contributed by atoms with Gasteiger partial charge >= 0.3 is 0 Å². The maximum absolute atomic E-state index is 13.3. The molecule has 130 valence electrons. The third kappa shape index (κ3) is 3.27. The molecule has 0 atom stereocenters. The van der Waals surface area contributed by atoms with E-state index in [2.05, 4.69) is 14.9 Å². The highest BCUT2D eigenvalue weighted by Gasteiger charge is 2.30. The monoisotopic (exact) mass is 383 g/mol. The number of benzene rings is 1. The van der Waals surface area contributed by atoms with Gasteiger partial charge in [0.05, 0.1) is 10.6 Å². The largest absolute Gasteiger partial charge is 0.333 e. The third-order valence-corrected chi connectivity index (χ3v) is 5.88. The van der Waals surface area contributed by atoms with Gasteiger partial charge in [-0.3, -0.25) is 4.72 Å². The number of nitrogens with one attached hydrogen (secondary N) is 1. The van der Waals surface area contributed by atoms with Crippen molar-refractivity contribution >= 4 is 27.0 Å². The molecule has 4 rings (SSSR count). The molecule has 0 aliphatic heterocycles. The van der Waals surface area contributed by atoms with Crippen molar-refractivity contribution in [3.05, 3.63) is 47.1 Å². The lowest BCUT2D eigenvalue weighted by molar-refractivity contribution is 0.423. The highest BCUT2D eigenvalue weighted by molar-refractivity contribution is 7.92. The van der Waals surface area contributed by atoms with Crippen molar-refractivity contribution < 1.29 is 21.7 Å². The van der Waals surface area contributed by atoms with Crippen LogP contribution in [0.4, 0.5) is 14.5 Å². The van der Waals surface area contributed by atoms with Gasteiger partial charge in [0.15, 0.2) is 5.82 Å². The fraction of sp³-hybridized carbons (Fsp3) is 0.200. The van der Waals surface area contributed by atoms with Crippen molar-refractivity contribution in [1.82, 2.24) is 10.1 Å². The summed E-state index contributed by atoms with van der Waals surface area (Å²) < 4.78 is 58.9. The van der Waals surface area contributed by atoms with Crippen LogP contribution in [0.3, 0.4) is 0 Å². The summed E-state index contributed by atoms with van der Waals surface area (Å²) in [5.41, 5.74) is 0.209. The van der Waals surface area contributed by atoms with Crippen molar-refractivity contribution in [2.45, 2.75) is 23.7 Å². The summed E-state index contributed by atoms with van der Waals surface area (Å²) in [5, 5.41) is 5.55. The lowest BCUT2D eigenvalue weighted by atomic mass is 10.3. The Hall–Kier alpha value is -2.33. The Morgan fingerprint density at radius 2 is 1.92 bits per heavy atom. The summed E-state index contributed by atoms with van der Waals surface area (Å²) in [5.74, 6) is -0.842. The molecular weight excluding hydrogens is 372 g/mol. The molecule has 0 radical (unpaired) electrons. The van der Waals surface area contributed by atoms with Gasteiger partial charge in [-0.1, -0.05) is 5.16 Å². The van der Waals surface area contributed by atoms with Crippen molar-refractivity contribution in [3.8, 4) is 10.8 Å². The van der Waals surface area contributed by atoms with E-state index in [0.717, 1.165) is 25.0 Å². The van der Waals surface area contributed by atoms with E-state index in [9.17, 15) is 17.2 Å². The van der Waals surface area contributed by atoms with Crippen LogP contribution in [0.1, 0.15) is 24.6 Å². The summed E-state index contributed by atoms with van der Waals surface area (Å²) in [6, 6.07) is 3.62. The summed E-state index contributed by atoms with van der Waals surface area (Å²) in [6.07, 6.45) is 2.02. The number of sulfonamides is 1. The average molecular weight is 383 g/mol. The molecule has 1 aromatic carbocycles. The Morgan fingerprint density at radius 3 is 2.60 bits per heavy atom. The third-order valence-electron chi connectivity index (χ3n) is 3.63. The maximum atomic E-state index is 13.3. The second kappa shape index (κ2) is 5.88. The molecule has 1 fully saturated rings. The van der Waals surface area contributed by atoms with Crippen molar-refractivity contribution in [2.75, 3.05) is 4.72 Å². The van der Waals surface area contributed by atoms with E-state index in [-0.39, 0.29) is 11.6 Å². The van der Waals surface area contributed by atoms with Crippen molar-refractivity contribution in [3.63, 3.8) is 0 Å². The van der Waals surface area contributed by atoms with Gasteiger partial charge < -0.3 is 4.52 Å². The van der Waals surface area contributed by atoms with Gasteiger partial charge in [-0.05, 0) is 36.4 Å². The number of rotatable bonds is 5. The molecule has 2 aromatic heterocycles. The fourth-order valence-corrected chi connectivity index (χ4v) is 4.22. The molecule has 6 nitrogen and oxygen atoms in total. The van der Waals surface area contributed by atoms with Crippen molar-refractivity contribution in [1.29, 1.82) is 0 Å². The zero-order valence-electron chi connectivity index (χ0n) is 12.6. The Kier molecular flexibility index (Phi) is 3.80. The van der Waals surface area contributed by atoms with Crippen LogP contribution in [0.15, 0.2) is 39.1 Å². The quantitative estimate of drug-likeness (QED) is 0.725. The predicted molar refractivity (Wildman–Crippen MR) is 86.8 cm³/mol. The summed E-state index contributed by atoms with van der Waals surface area (Å²) in [7, 11) is -4.17. The van der Waals surface area contributed by atoms with Gasteiger partial charge in [0, 0.05) is 12.0 Å². The molecule has 0 amide bonds. The first-order valence-electron chi connectivity index (χ1n) is 7.33.